The van der Waals surface area contributed by atoms with Gasteiger partial charge in [-0.2, -0.15) is 0 Å². The van der Waals surface area contributed by atoms with Gasteiger partial charge in [0.1, 0.15) is 0 Å². The second-order valence-corrected chi connectivity index (χ2v) is 8.66. The number of halogens is 1. The number of hydrogen-bond donors (Lipinski definition) is 3. The highest BCUT2D eigenvalue weighted by atomic mass is 127. The first-order chi connectivity index (χ1) is 16.2. The SMILES string of the molecule is CCNC(=NCc1cccc(CN2CCCCCC2)c1)NCCc1cccc(C(=O)NC)c1.I. The van der Waals surface area contributed by atoms with Gasteiger partial charge in [0.25, 0.3) is 5.91 Å². The van der Waals surface area contributed by atoms with Crippen LogP contribution in [0.4, 0.5) is 0 Å². The van der Waals surface area contributed by atoms with E-state index < -0.39 is 0 Å². The number of nitrogens with one attached hydrogen (secondary N) is 3. The molecular weight excluding hydrogens is 537 g/mol. The van der Waals surface area contributed by atoms with Gasteiger partial charge < -0.3 is 16.0 Å². The lowest BCUT2D eigenvalue weighted by molar-refractivity contribution is 0.0963. The maximum Gasteiger partial charge on any atom is 0.251 e. The van der Waals surface area contributed by atoms with Crippen molar-refractivity contribution in [3.8, 4) is 0 Å². The van der Waals surface area contributed by atoms with Crippen LogP contribution in [0.5, 0.6) is 0 Å². The second kappa shape index (κ2) is 15.7. The summed E-state index contributed by atoms with van der Waals surface area (Å²) in [5.74, 6) is 0.760. The average Bonchev–Trinajstić information content (AvgIpc) is 3.11. The predicted octanol–water partition coefficient (Wildman–Crippen LogP) is 4.34. The number of rotatable bonds is 9. The number of guanidine groups is 1. The molecule has 0 bridgehead atoms. The van der Waals surface area contributed by atoms with Crippen molar-refractivity contribution in [2.75, 3.05) is 33.2 Å². The van der Waals surface area contributed by atoms with Crippen LogP contribution in [-0.2, 0) is 19.5 Å². The first-order valence-corrected chi connectivity index (χ1v) is 12.3. The molecule has 1 amide bonds. The van der Waals surface area contributed by atoms with E-state index in [1.807, 2.05) is 24.3 Å². The summed E-state index contributed by atoms with van der Waals surface area (Å²) < 4.78 is 0. The number of hydrogen-bond acceptors (Lipinski definition) is 3. The van der Waals surface area contributed by atoms with Crippen LogP contribution in [0.3, 0.4) is 0 Å². The average molecular weight is 578 g/mol. The highest BCUT2D eigenvalue weighted by molar-refractivity contribution is 14.0. The van der Waals surface area contributed by atoms with Gasteiger partial charge in [-0.05, 0) is 68.1 Å². The van der Waals surface area contributed by atoms with Crippen molar-refractivity contribution in [2.45, 2.75) is 52.1 Å². The Balaban J connectivity index is 0.00000408. The van der Waals surface area contributed by atoms with Crippen LogP contribution >= 0.6 is 24.0 Å². The van der Waals surface area contributed by atoms with Crippen molar-refractivity contribution in [3.63, 3.8) is 0 Å². The predicted molar refractivity (Wildman–Crippen MR) is 152 cm³/mol. The molecule has 2 aromatic rings. The molecule has 2 aromatic carbocycles. The summed E-state index contributed by atoms with van der Waals surface area (Å²) in [6.45, 7) is 7.74. The van der Waals surface area contributed by atoms with Crippen LogP contribution in [-0.4, -0.2) is 50.0 Å². The van der Waals surface area contributed by atoms with E-state index in [-0.39, 0.29) is 29.9 Å². The Morgan fingerprint density at radius 3 is 2.38 bits per heavy atom. The molecule has 1 aliphatic heterocycles. The minimum Gasteiger partial charge on any atom is -0.357 e. The molecule has 0 atom stereocenters. The zero-order chi connectivity index (χ0) is 23.3. The minimum atomic E-state index is -0.0576. The topological polar surface area (TPSA) is 68.8 Å². The quantitative estimate of drug-likeness (QED) is 0.236. The maximum atomic E-state index is 11.8. The highest BCUT2D eigenvalue weighted by Crippen LogP contribution is 2.14. The Kier molecular flexibility index (Phi) is 13.0. The molecule has 3 rings (SSSR count). The van der Waals surface area contributed by atoms with E-state index in [1.54, 1.807) is 7.05 Å². The van der Waals surface area contributed by atoms with Gasteiger partial charge in [-0.1, -0.05) is 49.2 Å². The van der Waals surface area contributed by atoms with E-state index >= 15 is 0 Å². The molecule has 1 saturated heterocycles. The van der Waals surface area contributed by atoms with E-state index in [0.29, 0.717) is 12.1 Å². The first kappa shape index (κ1) is 28.1. The van der Waals surface area contributed by atoms with E-state index in [1.165, 1.54) is 49.9 Å². The number of aliphatic imine (C=N–C) groups is 1. The second-order valence-electron chi connectivity index (χ2n) is 8.66. The number of amides is 1. The van der Waals surface area contributed by atoms with Crippen molar-refractivity contribution >= 4 is 35.8 Å². The monoisotopic (exact) mass is 577 g/mol. The van der Waals surface area contributed by atoms with Crippen LogP contribution in [0.15, 0.2) is 53.5 Å². The molecule has 7 heteroatoms. The molecule has 1 aliphatic rings. The molecule has 0 saturated carbocycles. The summed E-state index contributed by atoms with van der Waals surface area (Å²) in [6, 6.07) is 16.6. The van der Waals surface area contributed by atoms with Gasteiger partial charge in [0.05, 0.1) is 6.54 Å². The lowest BCUT2D eigenvalue weighted by Crippen LogP contribution is -2.38. The molecule has 0 radical (unpaired) electrons. The fraction of sp³-hybridized carbons (Fsp3) is 0.481. The Bertz CT molecular complexity index is 909. The summed E-state index contributed by atoms with van der Waals surface area (Å²) in [5, 5.41) is 9.43. The molecule has 34 heavy (non-hydrogen) atoms. The molecule has 0 unspecified atom stereocenters. The number of benzene rings is 2. The van der Waals surface area contributed by atoms with Crippen molar-refractivity contribution in [2.24, 2.45) is 4.99 Å². The van der Waals surface area contributed by atoms with Crippen LogP contribution in [0.1, 0.15) is 59.7 Å². The zero-order valence-corrected chi connectivity index (χ0v) is 22.9. The van der Waals surface area contributed by atoms with Crippen LogP contribution in [0.2, 0.25) is 0 Å². The van der Waals surface area contributed by atoms with Gasteiger partial charge in [-0.15, -0.1) is 24.0 Å². The fourth-order valence-corrected chi connectivity index (χ4v) is 4.23. The van der Waals surface area contributed by atoms with Gasteiger partial charge in [-0.25, -0.2) is 4.99 Å². The maximum absolute atomic E-state index is 11.8. The minimum absolute atomic E-state index is 0. The van der Waals surface area contributed by atoms with Gasteiger partial charge >= 0.3 is 0 Å². The van der Waals surface area contributed by atoms with Gasteiger partial charge in [0.15, 0.2) is 5.96 Å². The molecule has 0 aliphatic carbocycles. The third-order valence-corrected chi connectivity index (χ3v) is 5.98. The Morgan fingerprint density at radius 1 is 0.941 bits per heavy atom. The third kappa shape index (κ3) is 9.62. The van der Waals surface area contributed by atoms with E-state index in [4.69, 9.17) is 4.99 Å². The van der Waals surface area contributed by atoms with Crippen molar-refractivity contribution < 1.29 is 4.79 Å². The molecule has 1 fully saturated rings. The van der Waals surface area contributed by atoms with E-state index in [9.17, 15) is 4.79 Å². The Morgan fingerprint density at radius 2 is 1.65 bits per heavy atom. The molecule has 186 valence electrons. The van der Waals surface area contributed by atoms with E-state index in [2.05, 4.69) is 52.0 Å². The molecular formula is C27H40IN5O. The van der Waals surface area contributed by atoms with Crippen molar-refractivity contribution in [3.05, 3.63) is 70.8 Å². The lowest BCUT2D eigenvalue weighted by Gasteiger charge is -2.20. The number of nitrogens with zero attached hydrogens (tertiary/aromatic N) is 2. The lowest BCUT2D eigenvalue weighted by atomic mass is 10.1. The van der Waals surface area contributed by atoms with Gasteiger partial charge in [-0.3, -0.25) is 9.69 Å². The number of carbonyl (C=O) groups excluding carboxylic acids is 1. The summed E-state index contributed by atoms with van der Waals surface area (Å²) >= 11 is 0. The summed E-state index contributed by atoms with van der Waals surface area (Å²) in [5.41, 5.74) is 4.42. The van der Waals surface area contributed by atoms with Crippen LogP contribution in [0, 0.1) is 0 Å². The van der Waals surface area contributed by atoms with Crippen LogP contribution < -0.4 is 16.0 Å². The fourth-order valence-electron chi connectivity index (χ4n) is 4.23. The summed E-state index contributed by atoms with van der Waals surface area (Å²) in [6.07, 6.45) is 6.19. The summed E-state index contributed by atoms with van der Waals surface area (Å²) in [7, 11) is 1.65. The van der Waals surface area contributed by atoms with Crippen molar-refractivity contribution in [1.82, 2.24) is 20.9 Å². The third-order valence-electron chi connectivity index (χ3n) is 5.98. The first-order valence-electron chi connectivity index (χ1n) is 12.3. The zero-order valence-electron chi connectivity index (χ0n) is 20.6. The number of likely N-dealkylation sites (tertiary alicyclic amines) is 1. The largest absolute Gasteiger partial charge is 0.357 e. The molecule has 6 nitrogen and oxygen atoms in total. The molecule has 1 heterocycles. The normalized spacial score (nSPS) is 14.6. The molecule has 0 aromatic heterocycles. The molecule has 3 N–H and O–H groups in total. The van der Waals surface area contributed by atoms with Crippen molar-refractivity contribution in [1.29, 1.82) is 0 Å². The number of carbonyl (C=O) groups is 1. The smallest absolute Gasteiger partial charge is 0.251 e. The Hall–Kier alpha value is -2.13. The van der Waals surface area contributed by atoms with Gasteiger partial charge in [0.2, 0.25) is 0 Å². The highest BCUT2D eigenvalue weighted by Gasteiger charge is 2.10. The van der Waals surface area contributed by atoms with Crippen LogP contribution in [0.25, 0.3) is 0 Å². The standard InChI is InChI=1S/C27H39N5O.HI/c1-3-29-27(30-15-14-22-10-9-13-25(19-22)26(33)28-2)31-20-23-11-8-12-24(18-23)21-32-16-6-4-5-7-17-32;/h8-13,18-19H,3-7,14-17,20-21H2,1-2H3,(H,28,33)(H2,29,30,31);1H. The summed E-state index contributed by atoms with van der Waals surface area (Å²) in [4.78, 5) is 19.2. The Labute approximate surface area is 222 Å². The van der Waals surface area contributed by atoms with E-state index in [0.717, 1.165) is 37.6 Å². The van der Waals surface area contributed by atoms with Gasteiger partial charge in [0, 0.05) is 32.2 Å². The molecule has 0 spiro atoms.